The van der Waals surface area contributed by atoms with Gasteiger partial charge in [0.05, 0.1) is 12.4 Å². The van der Waals surface area contributed by atoms with Gasteiger partial charge in [-0.1, -0.05) is 30.3 Å². The van der Waals surface area contributed by atoms with Crippen molar-refractivity contribution < 1.29 is 17.9 Å². The number of nitrogens with one attached hydrogen (secondary N) is 1. The highest BCUT2D eigenvalue weighted by Crippen LogP contribution is 2.04. The van der Waals surface area contributed by atoms with Gasteiger partial charge >= 0.3 is 0 Å². The van der Waals surface area contributed by atoms with E-state index in [-0.39, 0.29) is 24.8 Å². The summed E-state index contributed by atoms with van der Waals surface area (Å²) in [5.41, 5.74) is 1.14. The van der Waals surface area contributed by atoms with Gasteiger partial charge in [-0.2, -0.15) is 0 Å². The second-order valence-electron chi connectivity index (χ2n) is 5.24. The third-order valence-corrected chi connectivity index (χ3v) is 4.98. The average molecular weight is 326 g/mol. The first kappa shape index (κ1) is 16.9. The molecule has 0 aromatic heterocycles. The molecule has 1 N–H and O–H groups in total. The average Bonchev–Trinajstić information content (AvgIpc) is 2.50. The Kier molecular flexibility index (Phi) is 6.35. The van der Waals surface area contributed by atoms with E-state index in [4.69, 9.17) is 4.74 Å². The first-order valence-corrected chi connectivity index (χ1v) is 9.09. The molecule has 1 aliphatic rings. The van der Waals surface area contributed by atoms with Gasteiger partial charge in [0.1, 0.15) is 6.61 Å². The largest absolute Gasteiger partial charge is 0.370 e. The summed E-state index contributed by atoms with van der Waals surface area (Å²) in [6.07, 6.45) is 1.32. The fraction of sp³-hybridized carbons (Fsp3) is 0.533. The predicted molar refractivity (Wildman–Crippen MR) is 84.0 cm³/mol. The number of benzene rings is 1. The quantitative estimate of drug-likeness (QED) is 0.750. The Morgan fingerprint density at radius 1 is 1.23 bits per heavy atom. The van der Waals surface area contributed by atoms with E-state index in [9.17, 15) is 13.2 Å². The zero-order chi connectivity index (χ0) is 15.8. The van der Waals surface area contributed by atoms with E-state index >= 15 is 0 Å². The molecule has 1 aromatic rings. The third-order valence-electron chi connectivity index (χ3n) is 3.51. The topological polar surface area (TPSA) is 75.7 Å². The van der Waals surface area contributed by atoms with Crippen LogP contribution in [0.1, 0.15) is 12.0 Å². The molecule has 1 aliphatic heterocycles. The molecule has 1 saturated heterocycles. The Bertz CT molecular complexity index is 574. The minimum Gasteiger partial charge on any atom is -0.370 e. The van der Waals surface area contributed by atoms with Crippen LogP contribution in [-0.2, 0) is 26.0 Å². The second kappa shape index (κ2) is 8.26. The fourth-order valence-electron chi connectivity index (χ4n) is 2.31. The predicted octanol–water partition coefficient (Wildman–Crippen LogP) is 0.397. The maximum atomic E-state index is 11.9. The Morgan fingerprint density at radius 2 is 2.00 bits per heavy atom. The Morgan fingerprint density at radius 3 is 2.73 bits per heavy atom. The number of nitrogens with zero attached hydrogens (tertiary/aromatic N) is 1. The van der Waals surface area contributed by atoms with Crippen LogP contribution in [-0.4, -0.2) is 57.8 Å². The lowest BCUT2D eigenvalue weighted by atomic mass is 10.1. The molecule has 6 nitrogen and oxygen atoms in total. The van der Waals surface area contributed by atoms with Gasteiger partial charge in [0.15, 0.2) is 0 Å². The summed E-state index contributed by atoms with van der Waals surface area (Å²) in [6, 6.07) is 9.81. The van der Waals surface area contributed by atoms with Crippen LogP contribution < -0.4 is 4.72 Å². The van der Waals surface area contributed by atoms with Crippen molar-refractivity contribution in [1.29, 1.82) is 0 Å². The van der Waals surface area contributed by atoms with E-state index in [0.29, 0.717) is 26.1 Å². The third kappa shape index (κ3) is 5.75. The van der Waals surface area contributed by atoms with Crippen molar-refractivity contribution in [2.45, 2.75) is 12.8 Å². The maximum absolute atomic E-state index is 11.9. The molecule has 22 heavy (non-hydrogen) atoms. The molecule has 0 unspecified atom stereocenters. The van der Waals surface area contributed by atoms with Crippen molar-refractivity contribution in [3.8, 4) is 0 Å². The zero-order valence-corrected chi connectivity index (χ0v) is 13.3. The van der Waals surface area contributed by atoms with Crippen molar-refractivity contribution in [3.63, 3.8) is 0 Å². The molecule has 1 aromatic carbocycles. The number of hydrogen-bond acceptors (Lipinski definition) is 4. The van der Waals surface area contributed by atoms with Gasteiger partial charge in [-0.3, -0.25) is 4.79 Å². The first-order chi connectivity index (χ1) is 10.6. The molecule has 2 rings (SSSR count). The van der Waals surface area contributed by atoms with E-state index in [1.165, 1.54) is 0 Å². The molecule has 7 heteroatoms. The van der Waals surface area contributed by atoms with Crippen molar-refractivity contribution in [1.82, 2.24) is 9.62 Å². The normalized spacial score (nSPS) is 16.0. The number of hydrogen-bond donors (Lipinski definition) is 1. The number of amides is 1. The zero-order valence-electron chi connectivity index (χ0n) is 12.5. The number of carbonyl (C=O) groups is 1. The maximum Gasteiger partial charge on any atom is 0.248 e. The van der Waals surface area contributed by atoms with Crippen LogP contribution in [0.2, 0.25) is 0 Å². The summed E-state index contributed by atoms with van der Waals surface area (Å²) in [4.78, 5) is 13.1. The van der Waals surface area contributed by atoms with Crippen LogP contribution in [0.15, 0.2) is 30.3 Å². The van der Waals surface area contributed by atoms with Crippen LogP contribution in [0, 0.1) is 0 Å². The van der Waals surface area contributed by atoms with Crippen LogP contribution in [0.4, 0.5) is 0 Å². The van der Waals surface area contributed by atoms with Crippen molar-refractivity contribution >= 4 is 15.9 Å². The molecular weight excluding hydrogens is 304 g/mol. The van der Waals surface area contributed by atoms with Gasteiger partial charge in [-0.15, -0.1) is 0 Å². The number of carbonyl (C=O) groups excluding carboxylic acids is 1. The van der Waals surface area contributed by atoms with Crippen LogP contribution >= 0.6 is 0 Å². The van der Waals surface area contributed by atoms with Gasteiger partial charge in [-0.05, 0) is 18.4 Å². The molecule has 0 saturated carbocycles. The molecule has 0 radical (unpaired) electrons. The summed E-state index contributed by atoms with van der Waals surface area (Å²) in [5, 5.41) is 0. The molecule has 0 aliphatic carbocycles. The van der Waals surface area contributed by atoms with Gasteiger partial charge in [-0.25, -0.2) is 13.1 Å². The smallest absolute Gasteiger partial charge is 0.248 e. The molecule has 122 valence electrons. The minimum atomic E-state index is -3.29. The van der Waals surface area contributed by atoms with Crippen molar-refractivity contribution in [3.05, 3.63) is 35.9 Å². The highest BCUT2D eigenvalue weighted by molar-refractivity contribution is 7.89. The number of ether oxygens (including phenoxy) is 1. The highest BCUT2D eigenvalue weighted by Gasteiger charge is 2.18. The van der Waals surface area contributed by atoms with E-state index in [1.54, 1.807) is 4.90 Å². The van der Waals surface area contributed by atoms with E-state index in [0.717, 1.165) is 12.0 Å². The lowest BCUT2D eigenvalue weighted by Gasteiger charge is -2.26. The molecule has 0 spiro atoms. The van der Waals surface area contributed by atoms with Gasteiger partial charge in [0, 0.05) is 19.6 Å². The molecule has 0 bridgehead atoms. The first-order valence-electron chi connectivity index (χ1n) is 7.44. The summed E-state index contributed by atoms with van der Waals surface area (Å²) >= 11 is 0. The summed E-state index contributed by atoms with van der Waals surface area (Å²) in [5.74, 6) is 0.00778. The minimum absolute atomic E-state index is 0.0871. The molecule has 1 heterocycles. The number of sulfonamides is 1. The van der Waals surface area contributed by atoms with E-state index in [2.05, 4.69) is 4.72 Å². The molecule has 1 fully saturated rings. The van der Waals surface area contributed by atoms with Gasteiger partial charge in [0.2, 0.25) is 15.9 Å². The van der Waals surface area contributed by atoms with E-state index < -0.39 is 10.0 Å². The number of morpholine rings is 1. The number of rotatable bonds is 8. The molecule has 1 amide bonds. The van der Waals surface area contributed by atoms with Crippen molar-refractivity contribution in [2.24, 2.45) is 0 Å². The molecular formula is C15H22N2O4S. The number of aryl methyl sites for hydroxylation is 1. The van der Waals surface area contributed by atoms with Crippen molar-refractivity contribution in [2.75, 3.05) is 38.6 Å². The summed E-state index contributed by atoms with van der Waals surface area (Å²) < 4.78 is 31.4. The van der Waals surface area contributed by atoms with Gasteiger partial charge in [0.25, 0.3) is 0 Å². The lowest BCUT2D eigenvalue weighted by molar-refractivity contribution is -0.142. The van der Waals surface area contributed by atoms with Gasteiger partial charge < -0.3 is 9.64 Å². The standard InChI is InChI=1S/C15H22N2O4S/c18-15-13-21-11-10-17(15)9-8-16-22(19,20)12-4-7-14-5-2-1-3-6-14/h1-3,5-6,16H,4,7-13H2. The molecule has 0 atom stereocenters. The Hall–Kier alpha value is -1.44. The lowest BCUT2D eigenvalue weighted by Crippen LogP contribution is -2.45. The second-order valence-corrected chi connectivity index (χ2v) is 7.16. The van der Waals surface area contributed by atoms with Crippen LogP contribution in [0.3, 0.4) is 0 Å². The SMILES string of the molecule is O=C1COCCN1CCNS(=O)(=O)CCCc1ccccc1. The summed E-state index contributed by atoms with van der Waals surface area (Å²) in [7, 11) is -3.29. The van der Waals surface area contributed by atoms with Crippen LogP contribution in [0.25, 0.3) is 0 Å². The van der Waals surface area contributed by atoms with E-state index in [1.807, 2.05) is 30.3 Å². The fourth-order valence-corrected chi connectivity index (χ4v) is 3.38. The Balaban J connectivity index is 1.66. The summed E-state index contributed by atoms with van der Waals surface area (Å²) in [6.45, 7) is 1.76. The monoisotopic (exact) mass is 326 g/mol. The Labute approximate surface area is 131 Å². The van der Waals surface area contributed by atoms with Crippen LogP contribution in [0.5, 0.6) is 0 Å². The highest BCUT2D eigenvalue weighted by atomic mass is 32.2.